The van der Waals surface area contributed by atoms with Crippen molar-refractivity contribution in [3.63, 3.8) is 0 Å². The molecule has 1 N–H and O–H groups in total. The van der Waals surface area contributed by atoms with Crippen LogP contribution in [0.15, 0.2) is 17.3 Å². The smallest absolute Gasteiger partial charge is 0.0658 e. The number of allylic oxidation sites excluding steroid dienone is 2. The van der Waals surface area contributed by atoms with Crippen LogP contribution in [0.25, 0.3) is 0 Å². The summed E-state index contributed by atoms with van der Waals surface area (Å²) in [5, 5.41) is 3.61. The van der Waals surface area contributed by atoms with Crippen molar-refractivity contribution in [1.29, 1.82) is 5.53 Å². The number of hydrogen-bond acceptors (Lipinski definition) is 2. The predicted molar refractivity (Wildman–Crippen MR) is 64.0 cm³/mol. The van der Waals surface area contributed by atoms with Gasteiger partial charge >= 0.3 is 0 Å². The van der Waals surface area contributed by atoms with Gasteiger partial charge in [-0.3, -0.25) is 0 Å². The van der Waals surface area contributed by atoms with E-state index in [9.17, 15) is 0 Å². The fraction of sp³-hybridized carbons (Fsp3) is 0.846. The SMILES string of the molecule is CC(C)/C=C/CCC1(CN=N)C(C)[C@H]1C. The van der Waals surface area contributed by atoms with Crippen molar-refractivity contribution in [2.45, 2.75) is 40.5 Å². The van der Waals surface area contributed by atoms with Crippen LogP contribution in [-0.2, 0) is 0 Å². The van der Waals surface area contributed by atoms with Crippen LogP contribution in [0.3, 0.4) is 0 Å². The third kappa shape index (κ3) is 2.67. The second-order valence-electron chi connectivity index (χ2n) is 5.34. The Morgan fingerprint density at radius 3 is 2.33 bits per heavy atom. The minimum Gasteiger partial charge on any atom is -0.210 e. The average Bonchev–Trinajstić information content (AvgIpc) is 2.67. The maximum absolute atomic E-state index is 7.03. The number of nitrogens with zero attached hydrogens (tertiary/aromatic N) is 1. The highest BCUT2D eigenvalue weighted by Crippen LogP contribution is 2.61. The van der Waals surface area contributed by atoms with E-state index in [2.05, 4.69) is 45.0 Å². The summed E-state index contributed by atoms with van der Waals surface area (Å²) >= 11 is 0. The Morgan fingerprint density at radius 1 is 1.33 bits per heavy atom. The van der Waals surface area contributed by atoms with E-state index in [0.29, 0.717) is 11.3 Å². The molecule has 0 saturated heterocycles. The minimum atomic E-state index is 0.350. The second kappa shape index (κ2) is 4.91. The Morgan fingerprint density at radius 2 is 1.93 bits per heavy atom. The normalized spacial score (nSPS) is 35.0. The Kier molecular flexibility index (Phi) is 4.06. The zero-order valence-electron chi connectivity index (χ0n) is 10.5. The number of hydrogen-bond donors (Lipinski definition) is 1. The first-order chi connectivity index (χ1) is 7.04. The maximum atomic E-state index is 7.03. The molecule has 1 fully saturated rings. The van der Waals surface area contributed by atoms with Crippen molar-refractivity contribution in [1.82, 2.24) is 0 Å². The fourth-order valence-electron chi connectivity index (χ4n) is 2.64. The van der Waals surface area contributed by atoms with Crippen LogP contribution in [0.4, 0.5) is 0 Å². The molecule has 0 aromatic rings. The molecule has 0 aliphatic heterocycles. The molecule has 1 saturated carbocycles. The van der Waals surface area contributed by atoms with Crippen molar-refractivity contribution in [2.24, 2.45) is 28.3 Å². The molecule has 0 aromatic heterocycles. The second-order valence-corrected chi connectivity index (χ2v) is 5.34. The van der Waals surface area contributed by atoms with Gasteiger partial charge in [-0.05, 0) is 36.0 Å². The molecule has 0 heterocycles. The van der Waals surface area contributed by atoms with Crippen LogP contribution in [-0.4, -0.2) is 6.54 Å². The van der Waals surface area contributed by atoms with Gasteiger partial charge in [-0.2, -0.15) is 5.11 Å². The van der Waals surface area contributed by atoms with Crippen molar-refractivity contribution in [3.05, 3.63) is 12.2 Å². The first kappa shape index (κ1) is 12.4. The molecule has 2 nitrogen and oxygen atoms in total. The molecule has 0 spiro atoms. The summed E-state index contributed by atoms with van der Waals surface area (Å²) in [6.45, 7) is 9.72. The molecular weight excluding hydrogens is 184 g/mol. The molecule has 2 heteroatoms. The van der Waals surface area contributed by atoms with Crippen molar-refractivity contribution >= 4 is 0 Å². The van der Waals surface area contributed by atoms with Gasteiger partial charge in [0.25, 0.3) is 0 Å². The lowest BCUT2D eigenvalue weighted by Crippen LogP contribution is -2.08. The van der Waals surface area contributed by atoms with E-state index in [1.165, 1.54) is 6.42 Å². The van der Waals surface area contributed by atoms with Gasteiger partial charge in [-0.25, -0.2) is 5.53 Å². The monoisotopic (exact) mass is 208 g/mol. The van der Waals surface area contributed by atoms with Crippen molar-refractivity contribution < 1.29 is 0 Å². The van der Waals surface area contributed by atoms with Crippen LogP contribution in [0.5, 0.6) is 0 Å². The molecule has 15 heavy (non-hydrogen) atoms. The van der Waals surface area contributed by atoms with Gasteiger partial charge in [-0.15, -0.1) is 0 Å². The van der Waals surface area contributed by atoms with Gasteiger partial charge in [0.1, 0.15) is 0 Å². The van der Waals surface area contributed by atoms with Crippen LogP contribution in [0, 0.1) is 28.7 Å². The Hall–Kier alpha value is -0.660. The molecule has 1 aliphatic rings. The summed E-state index contributed by atoms with van der Waals surface area (Å²) < 4.78 is 0. The molecule has 1 rings (SSSR count). The summed E-state index contributed by atoms with van der Waals surface area (Å²) in [5.41, 5.74) is 7.38. The molecule has 86 valence electrons. The molecule has 2 unspecified atom stereocenters. The first-order valence-corrected chi connectivity index (χ1v) is 6.04. The summed E-state index contributed by atoms with van der Waals surface area (Å²) in [6.07, 6.45) is 6.89. The highest BCUT2D eigenvalue weighted by atomic mass is 15.0. The third-order valence-corrected chi connectivity index (χ3v) is 4.13. The van der Waals surface area contributed by atoms with Crippen LogP contribution in [0.2, 0.25) is 0 Å². The van der Waals surface area contributed by atoms with Gasteiger partial charge in [0.15, 0.2) is 0 Å². The topological polar surface area (TPSA) is 36.2 Å². The zero-order chi connectivity index (χ0) is 11.5. The quantitative estimate of drug-likeness (QED) is 0.499. The largest absolute Gasteiger partial charge is 0.210 e. The lowest BCUT2D eigenvalue weighted by molar-refractivity contribution is 0.412. The summed E-state index contributed by atoms with van der Waals surface area (Å²) in [7, 11) is 0. The molecule has 0 bridgehead atoms. The van der Waals surface area contributed by atoms with E-state index >= 15 is 0 Å². The average molecular weight is 208 g/mol. The summed E-state index contributed by atoms with van der Waals surface area (Å²) in [4.78, 5) is 0. The summed E-state index contributed by atoms with van der Waals surface area (Å²) in [6, 6.07) is 0. The van der Waals surface area contributed by atoms with Gasteiger partial charge in [0, 0.05) is 0 Å². The van der Waals surface area contributed by atoms with E-state index in [1.807, 2.05) is 0 Å². The minimum absolute atomic E-state index is 0.350. The third-order valence-electron chi connectivity index (χ3n) is 4.13. The van der Waals surface area contributed by atoms with Gasteiger partial charge in [0.2, 0.25) is 0 Å². The fourth-order valence-corrected chi connectivity index (χ4v) is 2.64. The predicted octanol–water partition coefficient (Wildman–Crippen LogP) is 4.28. The molecular formula is C13H24N2. The van der Waals surface area contributed by atoms with E-state index in [4.69, 9.17) is 5.53 Å². The van der Waals surface area contributed by atoms with Crippen LogP contribution in [0.1, 0.15) is 40.5 Å². The van der Waals surface area contributed by atoms with E-state index in [1.54, 1.807) is 0 Å². The van der Waals surface area contributed by atoms with Gasteiger partial charge in [0.05, 0.1) is 6.54 Å². The maximum Gasteiger partial charge on any atom is 0.0658 e. The zero-order valence-corrected chi connectivity index (χ0v) is 10.5. The van der Waals surface area contributed by atoms with E-state index < -0.39 is 0 Å². The lowest BCUT2D eigenvalue weighted by atomic mass is 9.95. The first-order valence-electron chi connectivity index (χ1n) is 6.04. The molecule has 3 atom stereocenters. The standard InChI is InChI=1S/C13H24N2/c1-10(2)7-5-6-8-13(9-15-14)11(3)12(13)4/h5,7,10-12,14H,6,8-9H2,1-4H3/b7-5+,15-14?/t11-,12?,13?/m1/s1. The molecule has 1 aliphatic carbocycles. The van der Waals surface area contributed by atoms with E-state index in [-0.39, 0.29) is 0 Å². The van der Waals surface area contributed by atoms with Crippen LogP contribution < -0.4 is 0 Å². The highest BCUT2D eigenvalue weighted by Gasteiger charge is 2.57. The van der Waals surface area contributed by atoms with Gasteiger partial charge < -0.3 is 0 Å². The Bertz CT molecular complexity index is 235. The van der Waals surface area contributed by atoms with Crippen LogP contribution >= 0.6 is 0 Å². The van der Waals surface area contributed by atoms with Gasteiger partial charge in [-0.1, -0.05) is 39.8 Å². The van der Waals surface area contributed by atoms with E-state index in [0.717, 1.165) is 24.8 Å². The summed E-state index contributed by atoms with van der Waals surface area (Å²) in [5.74, 6) is 2.15. The number of nitrogens with one attached hydrogen (secondary N) is 1. The van der Waals surface area contributed by atoms with Crippen molar-refractivity contribution in [2.75, 3.05) is 6.54 Å². The molecule has 0 amide bonds. The molecule has 0 aromatic carbocycles. The molecule has 0 radical (unpaired) electrons. The highest BCUT2D eigenvalue weighted by molar-refractivity contribution is 5.08. The van der Waals surface area contributed by atoms with Crippen molar-refractivity contribution in [3.8, 4) is 0 Å². The Labute approximate surface area is 93.7 Å². The number of rotatable bonds is 6. The lowest BCUT2D eigenvalue weighted by Gasteiger charge is -2.12. The Balaban J connectivity index is 2.38.